The molecule has 1 aromatic heterocycles. The first-order chi connectivity index (χ1) is 9.97. The molecule has 0 saturated carbocycles. The van der Waals surface area contributed by atoms with E-state index in [0.29, 0.717) is 0 Å². The number of hydrogen-bond donors (Lipinski definition) is 1. The Bertz CT molecular complexity index is 699. The average molecular weight is 289 g/mol. The number of hydrogen-bond acceptors (Lipinski definition) is 7. The smallest absolute Gasteiger partial charge is 0.330 e. The van der Waals surface area contributed by atoms with E-state index in [1.54, 1.807) is 19.9 Å². The van der Waals surface area contributed by atoms with Crippen LogP contribution in [0.15, 0.2) is 18.2 Å². The minimum Gasteiger partial charge on any atom is -0.461 e. The van der Waals surface area contributed by atoms with Gasteiger partial charge in [0, 0.05) is 6.07 Å². The van der Waals surface area contributed by atoms with Crippen LogP contribution in [0.4, 0.5) is 10.3 Å². The molecule has 0 fully saturated rings. The first kappa shape index (κ1) is 14.5. The number of nitrogen functional groups attached to an aromatic ring is 1. The van der Waals surface area contributed by atoms with E-state index in [1.807, 2.05) is 0 Å². The van der Waals surface area contributed by atoms with E-state index in [1.165, 1.54) is 12.1 Å². The van der Waals surface area contributed by atoms with Gasteiger partial charge in [0.1, 0.15) is 17.6 Å². The summed E-state index contributed by atoms with van der Waals surface area (Å²) in [6.45, 7) is 3.60. The minimum absolute atomic E-state index is 0.0154. The van der Waals surface area contributed by atoms with Gasteiger partial charge in [0.15, 0.2) is 0 Å². The number of anilines is 1. The molecule has 0 bridgehead atoms. The Morgan fingerprint density at radius 3 is 2.57 bits per heavy atom. The van der Waals surface area contributed by atoms with Crippen molar-refractivity contribution in [1.29, 1.82) is 5.26 Å². The van der Waals surface area contributed by atoms with E-state index in [0.717, 1.165) is 6.07 Å². The Labute approximate surface area is 120 Å². The fourth-order valence-corrected chi connectivity index (χ4v) is 1.42. The van der Waals surface area contributed by atoms with Crippen molar-refractivity contribution in [3.8, 4) is 23.8 Å². The lowest BCUT2D eigenvalue weighted by Gasteiger charge is -2.09. The summed E-state index contributed by atoms with van der Waals surface area (Å²) in [7, 11) is 0. The van der Waals surface area contributed by atoms with Crippen LogP contribution >= 0.6 is 0 Å². The van der Waals surface area contributed by atoms with Gasteiger partial charge in [-0.1, -0.05) is 0 Å². The number of nitriles is 1. The van der Waals surface area contributed by atoms with Crippen LogP contribution in [0.25, 0.3) is 0 Å². The molecule has 1 heterocycles. The molecule has 0 aliphatic heterocycles. The van der Waals surface area contributed by atoms with Crippen molar-refractivity contribution in [3.05, 3.63) is 29.6 Å². The molecule has 0 spiro atoms. The molecule has 0 radical (unpaired) electrons. The Kier molecular flexibility index (Phi) is 4.13. The molecule has 1 aromatic carbocycles. The van der Waals surface area contributed by atoms with E-state index in [4.69, 9.17) is 20.5 Å². The lowest BCUT2D eigenvalue weighted by molar-refractivity contribution is 0.219. The van der Waals surface area contributed by atoms with Crippen LogP contribution in [0.5, 0.6) is 17.8 Å². The average Bonchev–Trinajstić information content (AvgIpc) is 2.37. The molecule has 0 saturated heterocycles. The van der Waals surface area contributed by atoms with E-state index in [9.17, 15) is 4.39 Å². The Morgan fingerprint density at radius 2 is 1.95 bits per heavy atom. The van der Waals surface area contributed by atoms with Gasteiger partial charge in [-0.15, -0.1) is 4.98 Å². The third-order valence-corrected chi connectivity index (χ3v) is 2.22. The zero-order valence-corrected chi connectivity index (χ0v) is 11.4. The highest BCUT2D eigenvalue weighted by atomic mass is 19.1. The summed E-state index contributed by atoms with van der Waals surface area (Å²) in [6.07, 6.45) is -0.146. The first-order valence-electron chi connectivity index (χ1n) is 6.03. The lowest BCUT2D eigenvalue weighted by atomic mass is 10.2. The fraction of sp³-hybridized carbons (Fsp3) is 0.231. The molecule has 2 rings (SSSR count). The SMILES string of the molecule is CC(C)Oc1nc(N)nc(Oc2ccc(C#N)c(F)c2)n1. The molecule has 2 N–H and O–H groups in total. The van der Waals surface area contributed by atoms with Crippen molar-refractivity contribution in [2.75, 3.05) is 5.73 Å². The van der Waals surface area contributed by atoms with E-state index < -0.39 is 5.82 Å². The maximum absolute atomic E-state index is 13.5. The maximum atomic E-state index is 13.5. The van der Waals surface area contributed by atoms with Crippen LogP contribution in [0.2, 0.25) is 0 Å². The molecule has 0 atom stereocenters. The van der Waals surface area contributed by atoms with E-state index in [2.05, 4.69) is 15.0 Å². The van der Waals surface area contributed by atoms with Crippen LogP contribution in [0, 0.1) is 17.1 Å². The summed E-state index contributed by atoms with van der Waals surface area (Å²) in [5.41, 5.74) is 5.44. The van der Waals surface area contributed by atoms with E-state index in [-0.39, 0.29) is 35.4 Å². The van der Waals surface area contributed by atoms with Gasteiger partial charge in [0.2, 0.25) is 5.95 Å². The van der Waals surface area contributed by atoms with Crippen LogP contribution in [-0.2, 0) is 0 Å². The monoisotopic (exact) mass is 289 g/mol. The van der Waals surface area contributed by atoms with Crippen LogP contribution in [-0.4, -0.2) is 21.1 Å². The van der Waals surface area contributed by atoms with E-state index >= 15 is 0 Å². The molecule has 0 amide bonds. The molecule has 0 aliphatic carbocycles. The predicted molar refractivity (Wildman–Crippen MR) is 71.2 cm³/mol. The van der Waals surface area contributed by atoms with Crippen molar-refractivity contribution in [2.24, 2.45) is 0 Å². The molecule has 7 nitrogen and oxygen atoms in total. The second-order valence-electron chi connectivity index (χ2n) is 4.28. The Morgan fingerprint density at radius 1 is 1.24 bits per heavy atom. The molecule has 2 aromatic rings. The third-order valence-electron chi connectivity index (χ3n) is 2.22. The standard InChI is InChI=1S/C13H12FN5O2/c1-7(2)20-12-17-11(16)18-13(19-12)21-9-4-3-8(6-15)10(14)5-9/h3-5,7H,1-2H3,(H2,16,17,18,19). The largest absolute Gasteiger partial charge is 0.461 e. The van der Waals surface area contributed by atoms with Gasteiger partial charge in [-0.05, 0) is 26.0 Å². The van der Waals surface area contributed by atoms with Crippen molar-refractivity contribution >= 4 is 5.95 Å². The van der Waals surface area contributed by atoms with Gasteiger partial charge in [0.05, 0.1) is 11.7 Å². The fourth-order valence-electron chi connectivity index (χ4n) is 1.42. The summed E-state index contributed by atoms with van der Waals surface area (Å²) in [5.74, 6) is -0.645. The van der Waals surface area contributed by atoms with Gasteiger partial charge in [0.25, 0.3) is 0 Å². The van der Waals surface area contributed by atoms with Crippen LogP contribution < -0.4 is 15.2 Å². The molecule has 0 unspecified atom stereocenters. The minimum atomic E-state index is -0.698. The summed E-state index contributed by atoms with van der Waals surface area (Å²) < 4.78 is 24.1. The van der Waals surface area contributed by atoms with Crippen molar-refractivity contribution < 1.29 is 13.9 Å². The molecule has 21 heavy (non-hydrogen) atoms. The third kappa shape index (κ3) is 3.76. The van der Waals surface area contributed by atoms with Crippen molar-refractivity contribution in [1.82, 2.24) is 15.0 Å². The lowest BCUT2D eigenvalue weighted by Crippen LogP contribution is -2.11. The quantitative estimate of drug-likeness (QED) is 0.917. The highest BCUT2D eigenvalue weighted by Crippen LogP contribution is 2.22. The highest BCUT2D eigenvalue weighted by molar-refractivity contribution is 5.37. The predicted octanol–water partition coefficient (Wildman–Crippen LogP) is 2.04. The number of nitrogens with zero attached hydrogens (tertiary/aromatic N) is 4. The number of aromatic nitrogens is 3. The number of rotatable bonds is 4. The second-order valence-corrected chi connectivity index (χ2v) is 4.28. The molecule has 0 aliphatic rings. The topological polar surface area (TPSA) is 107 Å². The zero-order chi connectivity index (χ0) is 15.4. The first-order valence-corrected chi connectivity index (χ1v) is 6.03. The van der Waals surface area contributed by atoms with Gasteiger partial charge in [-0.3, -0.25) is 0 Å². The van der Waals surface area contributed by atoms with Gasteiger partial charge >= 0.3 is 12.0 Å². The number of halogens is 1. The molecular weight excluding hydrogens is 277 g/mol. The zero-order valence-electron chi connectivity index (χ0n) is 11.4. The number of nitrogens with two attached hydrogens (primary N) is 1. The number of benzene rings is 1. The summed E-state index contributed by atoms with van der Waals surface area (Å²) in [6, 6.07) is 5.38. The van der Waals surface area contributed by atoms with Crippen molar-refractivity contribution in [3.63, 3.8) is 0 Å². The van der Waals surface area contributed by atoms with Gasteiger partial charge in [-0.25, -0.2) is 4.39 Å². The van der Waals surface area contributed by atoms with Crippen LogP contribution in [0.3, 0.4) is 0 Å². The summed E-state index contributed by atoms with van der Waals surface area (Å²) >= 11 is 0. The summed E-state index contributed by atoms with van der Waals surface area (Å²) in [5, 5.41) is 8.66. The van der Waals surface area contributed by atoms with Gasteiger partial charge in [-0.2, -0.15) is 15.2 Å². The molecular formula is C13H12FN5O2. The summed E-state index contributed by atoms with van der Waals surface area (Å²) in [4.78, 5) is 11.5. The number of ether oxygens (including phenoxy) is 2. The van der Waals surface area contributed by atoms with Gasteiger partial charge < -0.3 is 15.2 Å². The Balaban J connectivity index is 2.25. The maximum Gasteiger partial charge on any atom is 0.330 e. The Hall–Kier alpha value is -2.95. The molecule has 108 valence electrons. The second kappa shape index (κ2) is 6.00. The highest BCUT2D eigenvalue weighted by Gasteiger charge is 2.10. The normalized spacial score (nSPS) is 10.2. The van der Waals surface area contributed by atoms with Crippen molar-refractivity contribution in [2.45, 2.75) is 20.0 Å². The molecule has 8 heteroatoms. The van der Waals surface area contributed by atoms with Crippen LogP contribution in [0.1, 0.15) is 19.4 Å².